The highest BCUT2D eigenvalue weighted by molar-refractivity contribution is 6.36. The third-order valence-electron chi connectivity index (χ3n) is 5.11. The molecule has 27 heavy (non-hydrogen) atoms. The fourth-order valence-corrected chi connectivity index (χ4v) is 4.06. The highest BCUT2D eigenvalue weighted by Crippen LogP contribution is 2.30. The zero-order chi connectivity index (χ0) is 19.6. The molecule has 0 aromatic heterocycles. The van der Waals surface area contributed by atoms with E-state index in [0.29, 0.717) is 22.3 Å². The number of benzene rings is 1. The van der Waals surface area contributed by atoms with Gasteiger partial charge in [0.25, 0.3) is 5.91 Å². The van der Waals surface area contributed by atoms with Crippen LogP contribution in [-0.2, 0) is 19.1 Å². The van der Waals surface area contributed by atoms with Gasteiger partial charge in [-0.15, -0.1) is 0 Å². The third-order valence-corrected chi connectivity index (χ3v) is 5.66. The molecule has 0 bridgehead atoms. The molecule has 2 fully saturated rings. The number of nitrogens with zero attached hydrogens (tertiary/aromatic N) is 1. The molecule has 1 N–H and O–H groups in total. The second kappa shape index (κ2) is 8.48. The molecule has 1 heterocycles. The molecule has 2 atom stereocenters. The Morgan fingerprint density at radius 3 is 2.63 bits per heavy atom. The Bertz CT molecular complexity index is 749. The molecule has 146 valence electrons. The molecule has 3 rings (SSSR count). The van der Waals surface area contributed by atoms with Crippen LogP contribution in [0.5, 0.6) is 0 Å². The summed E-state index contributed by atoms with van der Waals surface area (Å²) in [5, 5.41) is 3.36. The van der Waals surface area contributed by atoms with Gasteiger partial charge in [0, 0.05) is 24.0 Å². The monoisotopic (exact) mass is 412 g/mol. The van der Waals surface area contributed by atoms with Crippen molar-refractivity contribution in [1.82, 2.24) is 4.90 Å². The summed E-state index contributed by atoms with van der Waals surface area (Å²) >= 11 is 11.9. The van der Waals surface area contributed by atoms with Gasteiger partial charge in [-0.05, 0) is 38.0 Å². The number of carbonyl (C=O) groups excluding carboxylic acids is 3. The third kappa shape index (κ3) is 4.74. The predicted molar refractivity (Wildman–Crippen MR) is 103 cm³/mol. The number of hydrogen-bond donors (Lipinski definition) is 1. The van der Waals surface area contributed by atoms with Crippen LogP contribution in [0.25, 0.3) is 0 Å². The fourth-order valence-electron chi connectivity index (χ4n) is 3.61. The SMILES string of the molecule is C[C@@H](OC(=O)[C@@H]1CC(=O)N(C2CCCC2)C1)C(=O)Nc1ccc(Cl)cc1Cl. The topological polar surface area (TPSA) is 75.7 Å². The summed E-state index contributed by atoms with van der Waals surface area (Å²) in [7, 11) is 0. The van der Waals surface area contributed by atoms with E-state index < -0.39 is 23.9 Å². The summed E-state index contributed by atoms with van der Waals surface area (Å²) in [5.41, 5.74) is 0.386. The molecule has 1 aromatic rings. The highest BCUT2D eigenvalue weighted by atomic mass is 35.5. The van der Waals surface area contributed by atoms with Crippen molar-refractivity contribution in [3.63, 3.8) is 0 Å². The molecule has 1 aliphatic carbocycles. The Morgan fingerprint density at radius 1 is 1.26 bits per heavy atom. The molecule has 1 aromatic carbocycles. The number of nitrogens with one attached hydrogen (secondary N) is 1. The second-order valence-electron chi connectivity index (χ2n) is 7.08. The Hall–Kier alpha value is -1.79. The lowest BCUT2D eigenvalue weighted by Crippen LogP contribution is -2.36. The van der Waals surface area contributed by atoms with Crippen LogP contribution in [0, 0.1) is 5.92 Å². The number of halogens is 2. The largest absolute Gasteiger partial charge is 0.452 e. The molecule has 6 nitrogen and oxygen atoms in total. The van der Waals surface area contributed by atoms with Gasteiger partial charge < -0.3 is 15.0 Å². The van der Waals surface area contributed by atoms with Gasteiger partial charge in [0.15, 0.2) is 6.10 Å². The molecule has 0 unspecified atom stereocenters. The van der Waals surface area contributed by atoms with E-state index in [1.54, 1.807) is 17.0 Å². The van der Waals surface area contributed by atoms with Gasteiger partial charge in [0.2, 0.25) is 5.91 Å². The summed E-state index contributed by atoms with van der Waals surface area (Å²) in [6.45, 7) is 1.86. The van der Waals surface area contributed by atoms with E-state index in [-0.39, 0.29) is 18.4 Å². The normalized spacial score (nSPS) is 21.4. The van der Waals surface area contributed by atoms with E-state index in [0.717, 1.165) is 25.7 Å². The minimum Gasteiger partial charge on any atom is -0.452 e. The van der Waals surface area contributed by atoms with E-state index >= 15 is 0 Å². The smallest absolute Gasteiger partial charge is 0.312 e. The van der Waals surface area contributed by atoms with Crippen LogP contribution in [0.15, 0.2) is 18.2 Å². The van der Waals surface area contributed by atoms with Gasteiger partial charge >= 0.3 is 5.97 Å². The average Bonchev–Trinajstić information content (AvgIpc) is 3.26. The lowest BCUT2D eigenvalue weighted by Gasteiger charge is -2.24. The molecule has 2 amide bonds. The van der Waals surface area contributed by atoms with Crippen LogP contribution in [0.1, 0.15) is 39.0 Å². The molecule has 8 heteroatoms. The zero-order valence-electron chi connectivity index (χ0n) is 15.0. The van der Waals surface area contributed by atoms with E-state index in [1.165, 1.54) is 13.0 Å². The lowest BCUT2D eigenvalue weighted by molar-refractivity contribution is -0.157. The molecular weight excluding hydrogens is 391 g/mol. The number of hydrogen-bond acceptors (Lipinski definition) is 4. The van der Waals surface area contributed by atoms with E-state index in [4.69, 9.17) is 27.9 Å². The number of likely N-dealkylation sites (tertiary alicyclic amines) is 1. The Morgan fingerprint density at radius 2 is 1.96 bits per heavy atom. The van der Waals surface area contributed by atoms with Gasteiger partial charge in [-0.25, -0.2) is 0 Å². The molecule has 0 spiro atoms. The van der Waals surface area contributed by atoms with Crippen molar-refractivity contribution in [2.24, 2.45) is 5.92 Å². The van der Waals surface area contributed by atoms with Gasteiger partial charge in [-0.1, -0.05) is 36.0 Å². The summed E-state index contributed by atoms with van der Waals surface area (Å²) in [6, 6.07) is 4.92. The van der Waals surface area contributed by atoms with Gasteiger partial charge in [0.1, 0.15) is 0 Å². The predicted octanol–water partition coefficient (Wildman–Crippen LogP) is 3.65. The highest BCUT2D eigenvalue weighted by Gasteiger charge is 2.40. The molecule has 2 aliphatic rings. The molecule has 1 aliphatic heterocycles. The van der Waals surface area contributed by atoms with Crippen molar-refractivity contribution in [3.8, 4) is 0 Å². The summed E-state index contributed by atoms with van der Waals surface area (Å²) < 4.78 is 5.29. The van der Waals surface area contributed by atoms with Gasteiger partial charge in [0.05, 0.1) is 16.6 Å². The summed E-state index contributed by atoms with van der Waals surface area (Å²) in [5.74, 6) is -1.54. The van der Waals surface area contributed by atoms with Gasteiger partial charge in [-0.3, -0.25) is 14.4 Å². The van der Waals surface area contributed by atoms with Crippen molar-refractivity contribution in [3.05, 3.63) is 28.2 Å². The fraction of sp³-hybridized carbons (Fsp3) is 0.526. The van der Waals surface area contributed by atoms with Crippen molar-refractivity contribution in [1.29, 1.82) is 0 Å². The van der Waals surface area contributed by atoms with Crippen LogP contribution in [0.3, 0.4) is 0 Å². The quantitative estimate of drug-likeness (QED) is 0.748. The standard InChI is InChI=1S/C19H22Cl2N2O4/c1-11(18(25)22-16-7-6-13(20)9-15(16)21)27-19(26)12-8-17(24)23(10-12)14-4-2-3-5-14/h6-7,9,11-12,14H,2-5,8,10H2,1H3,(H,22,25)/t11-,12-/m1/s1. The second-order valence-corrected chi connectivity index (χ2v) is 7.92. The Kier molecular flexibility index (Phi) is 6.27. The summed E-state index contributed by atoms with van der Waals surface area (Å²) in [4.78, 5) is 38.7. The van der Waals surface area contributed by atoms with Crippen molar-refractivity contribution >= 4 is 46.7 Å². The summed E-state index contributed by atoms with van der Waals surface area (Å²) in [6.07, 6.45) is 3.37. The van der Waals surface area contributed by atoms with Gasteiger partial charge in [-0.2, -0.15) is 0 Å². The maximum atomic E-state index is 12.4. The lowest BCUT2D eigenvalue weighted by atomic mass is 10.1. The number of anilines is 1. The first-order valence-corrected chi connectivity index (χ1v) is 9.86. The number of amides is 2. The van der Waals surface area contributed by atoms with Crippen LogP contribution in [0.2, 0.25) is 10.0 Å². The number of esters is 1. The first-order valence-electron chi connectivity index (χ1n) is 9.11. The van der Waals surface area contributed by atoms with Crippen molar-refractivity contribution < 1.29 is 19.1 Å². The van der Waals surface area contributed by atoms with Crippen molar-refractivity contribution in [2.75, 3.05) is 11.9 Å². The minimum absolute atomic E-state index is 0.00565. The number of carbonyl (C=O) groups is 3. The van der Waals surface area contributed by atoms with E-state index in [2.05, 4.69) is 5.32 Å². The Labute approximate surface area is 168 Å². The maximum Gasteiger partial charge on any atom is 0.312 e. The maximum absolute atomic E-state index is 12.4. The number of ether oxygens (including phenoxy) is 1. The van der Waals surface area contributed by atoms with Crippen LogP contribution in [-0.4, -0.2) is 41.4 Å². The average molecular weight is 413 g/mol. The van der Waals surface area contributed by atoms with Crippen molar-refractivity contribution in [2.45, 2.75) is 51.2 Å². The van der Waals surface area contributed by atoms with Crippen LogP contribution >= 0.6 is 23.2 Å². The molecular formula is C19H22Cl2N2O4. The first-order chi connectivity index (χ1) is 12.8. The molecule has 1 saturated carbocycles. The minimum atomic E-state index is -1.00. The Balaban J connectivity index is 1.54. The van der Waals surface area contributed by atoms with Crippen LogP contribution < -0.4 is 5.32 Å². The molecule has 0 radical (unpaired) electrons. The number of rotatable bonds is 5. The zero-order valence-corrected chi connectivity index (χ0v) is 16.6. The molecule has 1 saturated heterocycles. The van der Waals surface area contributed by atoms with E-state index in [1.807, 2.05) is 0 Å². The van der Waals surface area contributed by atoms with E-state index in [9.17, 15) is 14.4 Å². The van der Waals surface area contributed by atoms with Crippen LogP contribution in [0.4, 0.5) is 5.69 Å². The first kappa shape index (κ1) is 20.0.